The van der Waals surface area contributed by atoms with Gasteiger partial charge in [-0.2, -0.15) is 4.31 Å². The third-order valence-corrected chi connectivity index (χ3v) is 7.35. The van der Waals surface area contributed by atoms with Gasteiger partial charge in [0.05, 0.1) is 10.9 Å². The highest BCUT2D eigenvalue weighted by Gasteiger charge is 2.28. The molecule has 7 nitrogen and oxygen atoms in total. The van der Waals surface area contributed by atoms with Gasteiger partial charge in [0.25, 0.3) is 5.91 Å². The van der Waals surface area contributed by atoms with Crippen LogP contribution in [-0.4, -0.2) is 69.4 Å². The zero-order valence-electron chi connectivity index (χ0n) is 18.6. The molecule has 31 heavy (non-hydrogen) atoms. The number of nitrogens with zero attached hydrogens (tertiary/aromatic N) is 2. The van der Waals surface area contributed by atoms with Crippen molar-refractivity contribution in [2.75, 3.05) is 39.8 Å². The molecule has 0 unspecified atom stereocenters. The predicted octanol–water partition coefficient (Wildman–Crippen LogP) is 2.44. The van der Waals surface area contributed by atoms with Crippen LogP contribution < -0.4 is 10.1 Å². The molecule has 8 heteroatoms. The monoisotopic (exact) mass is 445 g/mol. The Kier molecular flexibility index (Phi) is 7.35. The minimum absolute atomic E-state index is 0.149. The summed E-state index contributed by atoms with van der Waals surface area (Å²) in [6.07, 6.45) is 0. The lowest BCUT2D eigenvalue weighted by atomic mass is 10.1. The molecule has 1 heterocycles. The van der Waals surface area contributed by atoms with Gasteiger partial charge in [-0.15, -0.1) is 0 Å². The number of carbonyl (C=O) groups excluding carboxylic acids is 1. The van der Waals surface area contributed by atoms with Crippen molar-refractivity contribution in [3.05, 3.63) is 59.2 Å². The molecule has 2 aromatic rings. The van der Waals surface area contributed by atoms with Crippen molar-refractivity contribution >= 4 is 15.9 Å². The van der Waals surface area contributed by atoms with Crippen molar-refractivity contribution in [1.82, 2.24) is 14.5 Å². The maximum atomic E-state index is 13.0. The Balaban J connectivity index is 1.67. The molecule has 0 radical (unpaired) electrons. The van der Waals surface area contributed by atoms with Crippen molar-refractivity contribution in [3.8, 4) is 5.75 Å². The largest absolute Gasteiger partial charge is 0.491 e. The second-order valence-electron chi connectivity index (χ2n) is 8.18. The minimum atomic E-state index is -3.63. The van der Waals surface area contributed by atoms with Crippen LogP contribution in [0.15, 0.2) is 47.4 Å². The van der Waals surface area contributed by atoms with Gasteiger partial charge < -0.3 is 15.0 Å². The zero-order chi connectivity index (χ0) is 22.6. The van der Waals surface area contributed by atoms with E-state index in [9.17, 15) is 13.2 Å². The molecule has 3 rings (SSSR count). The zero-order valence-corrected chi connectivity index (χ0v) is 19.4. The van der Waals surface area contributed by atoms with E-state index in [4.69, 9.17) is 4.74 Å². The number of aryl methyl sites for hydroxylation is 2. The molecule has 168 valence electrons. The van der Waals surface area contributed by atoms with Crippen LogP contribution in [0.5, 0.6) is 5.75 Å². The van der Waals surface area contributed by atoms with Gasteiger partial charge >= 0.3 is 0 Å². The third kappa shape index (κ3) is 5.84. The number of sulfonamides is 1. The average molecular weight is 446 g/mol. The molecule has 0 bridgehead atoms. The molecule has 1 N–H and O–H groups in total. The van der Waals surface area contributed by atoms with Crippen molar-refractivity contribution in [2.45, 2.75) is 31.7 Å². The van der Waals surface area contributed by atoms with E-state index in [-0.39, 0.29) is 16.8 Å². The van der Waals surface area contributed by atoms with Crippen molar-refractivity contribution in [2.24, 2.45) is 0 Å². The molecule has 0 spiro atoms. The fraction of sp³-hybridized carbons (Fsp3) is 0.435. The molecule has 1 amide bonds. The minimum Gasteiger partial charge on any atom is -0.491 e. The van der Waals surface area contributed by atoms with E-state index in [0.717, 1.165) is 16.9 Å². The number of carbonyl (C=O) groups is 1. The fourth-order valence-electron chi connectivity index (χ4n) is 3.38. The van der Waals surface area contributed by atoms with Crippen LogP contribution >= 0.6 is 0 Å². The van der Waals surface area contributed by atoms with Crippen molar-refractivity contribution in [3.63, 3.8) is 0 Å². The van der Waals surface area contributed by atoms with E-state index in [1.807, 2.05) is 45.2 Å². The Morgan fingerprint density at radius 1 is 1.06 bits per heavy atom. The lowest BCUT2D eigenvalue weighted by Gasteiger charge is -2.31. The van der Waals surface area contributed by atoms with E-state index in [0.29, 0.717) is 38.3 Å². The summed E-state index contributed by atoms with van der Waals surface area (Å²) in [6, 6.07) is 12.2. The SMILES string of the molecule is Cc1ccc(OC[C@@H](C)NC(=O)c2cc(S(=O)(=O)N3CCN(C)CC3)ccc2C)cc1. The molecule has 1 aliphatic rings. The molecule has 0 aliphatic carbocycles. The highest BCUT2D eigenvalue weighted by molar-refractivity contribution is 7.89. The fourth-order valence-corrected chi connectivity index (χ4v) is 4.83. The number of benzene rings is 2. The van der Waals surface area contributed by atoms with Crippen LogP contribution in [0.2, 0.25) is 0 Å². The highest BCUT2D eigenvalue weighted by atomic mass is 32.2. The van der Waals surface area contributed by atoms with E-state index in [2.05, 4.69) is 10.2 Å². The summed E-state index contributed by atoms with van der Waals surface area (Å²) in [5, 5.41) is 2.90. The van der Waals surface area contributed by atoms with Gasteiger partial charge in [0.2, 0.25) is 10.0 Å². The van der Waals surface area contributed by atoms with Gasteiger partial charge in [-0.25, -0.2) is 8.42 Å². The first-order valence-corrected chi connectivity index (χ1v) is 11.9. The Labute approximate surface area is 185 Å². The average Bonchev–Trinajstić information content (AvgIpc) is 2.73. The topological polar surface area (TPSA) is 78.9 Å². The number of hydrogen-bond acceptors (Lipinski definition) is 5. The second kappa shape index (κ2) is 9.80. The van der Waals surface area contributed by atoms with E-state index >= 15 is 0 Å². The number of hydrogen-bond donors (Lipinski definition) is 1. The summed E-state index contributed by atoms with van der Waals surface area (Å²) in [4.78, 5) is 15.1. The number of rotatable bonds is 7. The maximum Gasteiger partial charge on any atom is 0.251 e. The number of piperazine rings is 1. The van der Waals surface area contributed by atoms with E-state index in [1.165, 1.54) is 10.4 Å². The molecule has 0 saturated carbocycles. The summed E-state index contributed by atoms with van der Waals surface area (Å²) in [6.45, 7) is 8.25. The van der Waals surface area contributed by atoms with E-state index < -0.39 is 10.0 Å². The first-order chi connectivity index (χ1) is 14.7. The van der Waals surface area contributed by atoms with Crippen LogP contribution in [0.4, 0.5) is 0 Å². The Morgan fingerprint density at radius 2 is 1.71 bits per heavy atom. The molecule has 1 aliphatic heterocycles. The van der Waals surface area contributed by atoms with Crippen LogP contribution in [-0.2, 0) is 10.0 Å². The first-order valence-electron chi connectivity index (χ1n) is 10.5. The van der Waals surface area contributed by atoms with Crippen LogP contribution in [0.25, 0.3) is 0 Å². The summed E-state index contributed by atoms with van der Waals surface area (Å²) in [5.74, 6) is 0.427. The summed E-state index contributed by atoms with van der Waals surface area (Å²) in [7, 11) is -1.66. The summed E-state index contributed by atoms with van der Waals surface area (Å²) >= 11 is 0. The van der Waals surface area contributed by atoms with Gasteiger partial charge in [-0.3, -0.25) is 4.79 Å². The predicted molar refractivity (Wildman–Crippen MR) is 121 cm³/mol. The first kappa shape index (κ1) is 23.2. The lowest BCUT2D eigenvalue weighted by molar-refractivity contribution is 0.0926. The van der Waals surface area contributed by atoms with Crippen molar-refractivity contribution < 1.29 is 17.9 Å². The van der Waals surface area contributed by atoms with E-state index in [1.54, 1.807) is 19.1 Å². The lowest BCUT2D eigenvalue weighted by Crippen LogP contribution is -2.47. The van der Waals surface area contributed by atoms with Crippen LogP contribution in [0, 0.1) is 13.8 Å². The normalized spacial score (nSPS) is 16.6. The van der Waals surface area contributed by atoms with Crippen molar-refractivity contribution in [1.29, 1.82) is 0 Å². The summed E-state index contributed by atoms with van der Waals surface area (Å²) < 4.78 is 33.3. The third-order valence-electron chi connectivity index (χ3n) is 5.45. The Morgan fingerprint density at radius 3 is 2.35 bits per heavy atom. The quantitative estimate of drug-likeness (QED) is 0.708. The molecule has 1 atom stereocenters. The molecule has 0 aromatic heterocycles. The standard InChI is InChI=1S/C23H31N3O4S/c1-17-5-8-20(9-6-17)30-16-19(3)24-23(27)22-15-21(10-7-18(22)2)31(28,29)26-13-11-25(4)12-14-26/h5-10,15,19H,11-14,16H2,1-4H3,(H,24,27)/t19-/m1/s1. The van der Waals surface area contributed by atoms with Gasteiger partial charge in [-0.1, -0.05) is 23.8 Å². The number of likely N-dealkylation sites (N-methyl/N-ethyl adjacent to an activating group) is 1. The highest BCUT2D eigenvalue weighted by Crippen LogP contribution is 2.21. The second-order valence-corrected chi connectivity index (χ2v) is 10.1. The smallest absolute Gasteiger partial charge is 0.251 e. The van der Waals surface area contributed by atoms with Gasteiger partial charge in [-0.05, 0) is 57.6 Å². The molecule has 1 fully saturated rings. The number of ether oxygens (including phenoxy) is 1. The molecule has 1 saturated heterocycles. The van der Waals surface area contributed by atoms with Gasteiger partial charge in [0.15, 0.2) is 0 Å². The number of nitrogens with one attached hydrogen (secondary N) is 1. The summed E-state index contributed by atoms with van der Waals surface area (Å²) in [5.41, 5.74) is 2.23. The van der Waals surface area contributed by atoms with Gasteiger partial charge in [0.1, 0.15) is 12.4 Å². The molecular weight excluding hydrogens is 414 g/mol. The Bertz CT molecular complexity index is 1010. The van der Waals surface area contributed by atoms with Gasteiger partial charge in [0, 0.05) is 31.7 Å². The van der Waals surface area contributed by atoms with Crippen LogP contribution in [0.1, 0.15) is 28.4 Å². The number of amides is 1. The maximum absolute atomic E-state index is 13.0. The van der Waals surface area contributed by atoms with Crippen LogP contribution in [0.3, 0.4) is 0 Å². The molecule has 2 aromatic carbocycles. The Hall–Kier alpha value is -2.42. The molecular formula is C23H31N3O4S.